The minimum atomic E-state index is -0.154. The lowest BCUT2D eigenvalue weighted by Gasteiger charge is -2.13. The largest absolute Gasteiger partial charge is 0.294 e. The highest BCUT2D eigenvalue weighted by Crippen LogP contribution is 2.23. The van der Waals surface area contributed by atoms with Gasteiger partial charge in [0.2, 0.25) is 0 Å². The van der Waals surface area contributed by atoms with Crippen molar-refractivity contribution in [3.05, 3.63) is 100 Å². The molecule has 1 aromatic heterocycles. The average Bonchev–Trinajstić information content (AvgIpc) is 2.82. The van der Waals surface area contributed by atoms with Gasteiger partial charge >= 0.3 is 0 Å². The molecule has 0 saturated heterocycles. The van der Waals surface area contributed by atoms with Crippen LogP contribution in [0.1, 0.15) is 28.8 Å². The molecular weight excluding hydrogens is 406 g/mol. The molecule has 0 aliphatic carbocycles. The maximum absolute atomic E-state index is 13.2. The normalized spacial score (nSPS) is 10.7. The molecule has 1 heterocycles. The Kier molecular flexibility index (Phi) is 6.25. The lowest BCUT2D eigenvalue weighted by atomic mass is 10.1. The molecule has 152 valence electrons. The molecular formula is C25H19N3O2S. The van der Waals surface area contributed by atoms with Crippen molar-refractivity contribution in [1.82, 2.24) is 9.55 Å². The van der Waals surface area contributed by atoms with Gasteiger partial charge < -0.3 is 0 Å². The molecule has 4 rings (SSSR count). The number of ketones is 1. The number of nitriles is 1. The van der Waals surface area contributed by atoms with Crippen molar-refractivity contribution in [2.75, 3.05) is 5.75 Å². The van der Waals surface area contributed by atoms with E-state index in [9.17, 15) is 9.59 Å². The van der Waals surface area contributed by atoms with E-state index >= 15 is 0 Å². The molecule has 3 aromatic carbocycles. The van der Waals surface area contributed by atoms with Gasteiger partial charge in [0, 0.05) is 17.7 Å². The Morgan fingerprint density at radius 3 is 2.42 bits per heavy atom. The third kappa shape index (κ3) is 4.57. The van der Waals surface area contributed by atoms with Crippen molar-refractivity contribution >= 4 is 28.4 Å². The van der Waals surface area contributed by atoms with Crippen LogP contribution in [0.25, 0.3) is 16.6 Å². The Morgan fingerprint density at radius 1 is 0.968 bits per heavy atom. The number of rotatable bonds is 7. The van der Waals surface area contributed by atoms with Crippen LogP contribution in [0.2, 0.25) is 0 Å². The van der Waals surface area contributed by atoms with Gasteiger partial charge in [-0.1, -0.05) is 54.2 Å². The molecule has 0 radical (unpaired) electrons. The summed E-state index contributed by atoms with van der Waals surface area (Å²) < 4.78 is 1.58. The molecule has 31 heavy (non-hydrogen) atoms. The number of hydrogen-bond donors (Lipinski definition) is 0. The molecule has 0 amide bonds. The second kappa shape index (κ2) is 9.41. The first kappa shape index (κ1) is 20.6. The molecule has 0 atom stereocenters. The second-order valence-corrected chi connectivity index (χ2v) is 8.01. The van der Waals surface area contributed by atoms with Crippen molar-refractivity contribution in [2.45, 2.75) is 18.0 Å². The SMILES string of the molecule is N#Cc1ccc(-n2c(SCCCC(=O)c3ccccc3)nc3ccccc3c2=O)cc1. The second-order valence-electron chi connectivity index (χ2n) is 6.95. The highest BCUT2D eigenvalue weighted by atomic mass is 32.2. The standard InChI is InChI=1S/C25H19N3O2S/c26-17-18-12-14-20(15-13-18)28-24(30)21-9-4-5-10-22(21)27-25(28)31-16-6-11-23(29)19-7-2-1-3-8-19/h1-5,7-10,12-15H,6,11,16H2. The van der Waals surface area contributed by atoms with Crippen molar-refractivity contribution in [2.24, 2.45) is 0 Å². The van der Waals surface area contributed by atoms with Gasteiger partial charge in [-0.3, -0.25) is 14.2 Å². The number of para-hydroxylation sites is 1. The van der Waals surface area contributed by atoms with E-state index in [2.05, 4.69) is 6.07 Å². The van der Waals surface area contributed by atoms with Gasteiger partial charge in [-0.25, -0.2) is 4.98 Å². The molecule has 0 saturated carbocycles. The first-order chi connectivity index (χ1) is 15.2. The zero-order chi connectivity index (χ0) is 21.6. The van der Waals surface area contributed by atoms with E-state index in [1.165, 1.54) is 11.8 Å². The van der Waals surface area contributed by atoms with Crippen molar-refractivity contribution < 1.29 is 4.79 Å². The topological polar surface area (TPSA) is 75.8 Å². The summed E-state index contributed by atoms with van der Waals surface area (Å²) in [7, 11) is 0. The number of fused-ring (bicyclic) bond motifs is 1. The van der Waals surface area contributed by atoms with Crippen LogP contribution in [0.5, 0.6) is 0 Å². The molecule has 0 fully saturated rings. The van der Waals surface area contributed by atoms with Crippen LogP contribution in [-0.2, 0) is 0 Å². The summed E-state index contributed by atoms with van der Waals surface area (Å²) >= 11 is 1.45. The number of nitrogens with zero attached hydrogens (tertiary/aromatic N) is 3. The van der Waals surface area contributed by atoms with E-state index in [0.717, 1.165) is 0 Å². The number of hydrogen-bond acceptors (Lipinski definition) is 5. The zero-order valence-electron chi connectivity index (χ0n) is 16.7. The van der Waals surface area contributed by atoms with E-state index in [-0.39, 0.29) is 11.3 Å². The first-order valence-electron chi connectivity index (χ1n) is 9.91. The van der Waals surface area contributed by atoms with Crippen LogP contribution in [-0.4, -0.2) is 21.1 Å². The fraction of sp³-hybridized carbons (Fsp3) is 0.120. The number of aromatic nitrogens is 2. The summed E-state index contributed by atoms with van der Waals surface area (Å²) in [5.41, 5.74) is 2.38. The fourth-order valence-electron chi connectivity index (χ4n) is 3.29. The minimum absolute atomic E-state index is 0.108. The van der Waals surface area contributed by atoms with Gasteiger partial charge in [-0.2, -0.15) is 5.26 Å². The molecule has 0 spiro atoms. The maximum atomic E-state index is 13.2. The van der Waals surface area contributed by atoms with Gasteiger partial charge in [-0.05, 0) is 42.8 Å². The van der Waals surface area contributed by atoms with E-state index < -0.39 is 0 Å². The minimum Gasteiger partial charge on any atom is -0.294 e. The highest BCUT2D eigenvalue weighted by molar-refractivity contribution is 7.99. The van der Waals surface area contributed by atoms with E-state index in [0.29, 0.717) is 51.5 Å². The van der Waals surface area contributed by atoms with Crippen molar-refractivity contribution in [3.8, 4) is 11.8 Å². The monoisotopic (exact) mass is 425 g/mol. The van der Waals surface area contributed by atoms with Crippen LogP contribution in [0, 0.1) is 11.3 Å². The summed E-state index contributed by atoms with van der Waals surface area (Å²) in [4.78, 5) is 30.3. The van der Waals surface area contributed by atoms with Gasteiger partial charge in [-0.15, -0.1) is 0 Å². The van der Waals surface area contributed by atoms with Gasteiger partial charge in [0.25, 0.3) is 5.56 Å². The smallest absolute Gasteiger partial charge is 0.266 e. The van der Waals surface area contributed by atoms with Gasteiger partial charge in [0.05, 0.1) is 28.2 Å². The number of thioether (sulfide) groups is 1. The lowest BCUT2D eigenvalue weighted by Crippen LogP contribution is -2.21. The summed E-state index contributed by atoms with van der Waals surface area (Å²) in [5, 5.41) is 10.2. The van der Waals surface area contributed by atoms with E-state index in [1.54, 1.807) is 34.9 Å². The quantitative estimate of drug-likeness (QED) is 0.180. The predicted octanol–water partition coefficient (Wildman–Crippen LogP) is 5.01. The summed E-state index contributed by atoms with van der Waals surface area (Å²) in [5.74, 6) is 0.761. The van der Waals surface area contributed by atoms with Crippen LogP contribution < -0.4 is 5.56 Å². The Balaban J connectivity index is 1.59. The first-order valence-corrected chi connectivity index (χ1v) is 10.9. The van der Waals surface area contributed by atoms with Crippen LogP contribution >= 0.6 is 11.8 Å². The summed E-state index contributed by atoms with van der Waals surface area (Å²) in [6.07, 6.45) is 1.11. The number of carbonyl (C=O) groups is 1. The third-order valence-electron chi connectivity index (χ3n) is 4.87. The molecule has 0 bridgehead atoms. The average molecular weight is 426 g/mol. The van der Waals surface area contributed by atoms with E-state index in [4.69, 9.17) is 10.2 Å². The lowest BCUT2D eigenvalue weighted by molar-refractivity contribution is 0.0982. The third-order valence-corrected chi connectivity index (χ3v) is 5.90. The molecule has 6 heteroatoms. The van der Waals surface area contributed by atoms with Crippen molar-refractivity contribution in [3.63, 3.8) is 0 Å². The van der Waals surface area contributed by atoms with Crippen molar-refractivity contribution in [1.29, 1.82) is 5.26 Å². The molecule has 5 nitrogen and oxygen atoms in total. The molecule has 0 aliphatic rings. The summed E-state index contributed by atoms with van der Waals surface area (Å²) in [6.45, 7) is 0. The Hall–Kier alpha value is -3.69. The number of benzene rings is 3. The van der Waals surface area contributed by atoms with Gasteiger partial charge in [0.15, 0.2) is 10.9 Å². The predicted molar refractivity (Wildman–Crippen MR) is 123 cm³/mol. The Labute approximate surface area is 184 Å². The highest BCUT2D eigenvalue weighted by Gasteiger charge is 2.14. The molecule has 4 aromatic rings. The Bertz CT molecular complexity index is 1320. The molecule has 0 aliphatic heterocycles. The zero-order valence-corrected chi connectivity index (χ0v) is 17.5. The van der Waals surface area contributed by atoms with Crippen LogP contribution in [0.15, 0.2) is 88.8 Å². The van der Waals surface area contributed by atoms with Crippen LogP contribution in [0.4, 0.5) is 0 Å². The van der Waals surface area contributed by atoms with E-state index in [1.807, 2.05) is 48.5 Å². The van der Waals surface area contributed by atoms with Gasteiger partial charge in [0.1, 0.15) is 0 Å². The van der Waals surface area contributed by atoms with Crippen LogP contribution in [0.3, 0.4) is 0 Å². The maximum Gasteiger partial charge on any atom is 0.266 e. The molecule has 0 N–H and O–H groups in total. The number of carbonyl (C=O) groups excluding carboxylic acids is 1. The Morgan fingerprint density at radius 2 is 1.68 bits per heavy atom. The fourth-order valence-corrected chi connectivity index (χ4v) is 4.24. The molecule has 0 unspecified atom stereocenters. The summed E-state index contributed by atoms with van der Waals surface area (Å²) in [6, 6.07) is 25.5. The number of Topliss-reactive ketones (excluding diaryl/α,β-unsaturated/α-hetero) is 1.